The van der Waals surface area contributed by atoms with E-state index in [9.17, 15) is 19.5 Å². The third kappa shape index (κ3) is 5.64. The normalized spacial score (nSPS) is 13.2. The summed E-state index contributed by atoms with van der Waals surface area (Å²) in [6.45, 7) is 3.38. The first-order valence-corrected chi connectivity index (χ1v) is 6.60. The molecule has 0 saturated heterocycles. The molecule has 0 unspecified atom stereocenters. The highest BCUT2D eigenvalue weighted by atomic mass is 16.4. The van der Waals surface area contributed by atoms with Crippen molar-refractivity contribution in [1.29, 1.82) is 0 Å². The van der Waals surface area contributed by atoms with Gasteiger partial charge in [-0.3, -0.25) is 9.59 Å². The highest BCUT2D eigenvalue weighted by Gasteiger charge is 2.24. The van der Waals surface area contributed by atoms with Gasteiger partial charge >= 0.3 is 11.9 Å². The van der Waals surface area contributed by atoms with E-state index < -0.39 is 29.8 Å². The van der Waals surface area contributed by atoms with Crippen LogP contribution in [0.4, 0.5) is 0 Å². The van der Waals surface area contributed by atoms with Crippen LogP contribution >= 0.6 is 0 Å². The molecule has 1 amide bonds. The Hall–Kier alpha value is -2.37. The fourth-order valence-electron chi connectivity index (χ4n) is 1.83. The number of benzene rings is 1. The van der Waals surface area contributed by atoms with E-state index in [1.807, 2.05) is 19.1 Å². The predicted molar refractivity (Wildman–Crippen MR) is 75.9 cm³/mol. The molecule has 0 fully saturated rings. The summed E-state index contributed by atoms with van der Waals surface area (Å²) in [5.41, 5.74) is 1.85. The zero-order valence-electron chi connectivity index (χ0n) is 12.0. The van der Waals surface area contributed by atoms with Gasteiger partial charge in [-0.15, -0.1) is 0 Å². The molecule has 0 aromatic heterocycles. The summed E-state index contributed by atoms with van der Waals surface area (Å²) in [5, 5.41) is 20.2. The van der Waals surface area contributed by atoms with Crippen LogP contribution in [0.25, 0.3) is 0 Å². The standard InChI is InChI=1S/C15H19NO5/c1-9-3-5-11(6-4-9)8-12(15(20)21)16-14(19)10(2)7-13(17)18/h3-6,10,12H,7-8H2,1-2H3,(H,16,19)(H,17,18)(H,20,21)/t10-,12-/m0/s1. The molecule has 3 N–H and O–H groups in total. The number of carbonyl (C=O) groups excluding carboxylic acids is 1. The lowest BCUT2D eigenvalue weighted by Gasteiger charge is -2.17. The van der Waals surface area contributed by atoms with Crippen molar-refractivity contribution in [3.63, 3.8) is 0 Å². The molecule has 114 valence electrons. The molecule has 0 radical (unpaired) electrons. The van der Waals surface area contributed by atoms with Crippen molar-refractivity contribution in [3.05, 3.63) is 35.4 Å². The lowest BCUT2D eigenvalue weighted by Crippen LogP contribution is -2.44. The van der Waals surface area contributed by atoms with Crippen molar-refractivity contribution in [2.24, 2.45) is 5.92 Å². The van der Waals surface area contributed by atoms with E-state index >= 15 is 0 Å². The van der Waals surface area contributed by atoms with Crippen LogP contribution in [-0.4, -0.2) is 34.1 Å². The molecule has 6 nitrogen and oxygen atoms in total. The average Bonchev–Trinajstić information content (AvgIpc) is 2.39. The maximum atomic E-state index is 11.8. The van der Waals surface area contributed by atoms with Crippen molar-refractivity contribution < 1.29 is 24.6 Å². The van der Waals surface area contributed by atoms with Gasteiger partial charge < -0.3 is 15.5 Å². The Kier molecular flexibility index (Phi) is 5.90. The van der Waals surface area contributed by atoms with E-state index in [1.54, 1.807) is 12.1 Å². The Morgan fingerprint density at radius 2 is 1.71 bits per heavy atom. The number of carbonyl (C=O) groups is 3. The van der Waals surface area contributed by atoms with Gasteiger partial charge in [0.2, 0.25) is 5.91 Å². The summed E-state index contributed by atoms with van der Waals surface area (Å²) in [5.74, 6) is -3.59. The fraction of sp³-hybridized carbons (Fsp3) is 0.400. The summed E-state index contributed by atoms with van der Waals surface area (Å²) in [4.78, 5) is 33.6. The lowest BCUT2D eigenvalue weighted by atomic mass is 10.0. The number of amides is 1. The van der Waals surface area contributed by atoms with E-state index in [2.05, 4.69) is 5.32 Å². The number of rotatable bonds is 7. The Balaban J connectivity index is 2.69. The second-order valence-electron chi connectivity index (χ2n) is 5.09. The third-order valence-electron chi connectivity index (χ3n) is 3.10. The summed E-state index contributed by atoms with van der Waals surface area (Å²) in [6, 6.07) is 6.26. The highest BCUT2D eigenvalue weighted by molar-refractivity contribution is 5.87. The van der Waals surface area contributed by atoms with E-state index in [0.29, 0.717) is 0 Å². The summed E-state index contributed by atoms with van der Waals surface area (Å²) in [7, 11) is 0. The van der Waals surface area contributed by atoms with Gasteiger partial charge in [0.1, 0.15) is 6.04 Å². The molecule has 1 aromatic carbocycles. The Morgan fingerprint density at radius 3 is 2.19 bits per heavy atom. The van der Waals surface area contributed by atoms with Crippen LogP contribution in [0.3, 0.4) is 0 Å². The number of carboxylic acid groups (broad SMARTS) is 2. The van der Waals surface area contributed by atoms with Crippen LogP contribution in [0, 0.1) is 12.8 Å². The first kappa shape index (κ1) is 16.7. The van der Waals surface area contributed by atoms with Gasteiger partial charge in [0, 0.05) is 12.3 Å². The highest BCUT2D eigenvalue weighted by Crippen LogP contribution is 2.08. The molecule has 0 aliphatic heterocycles. The van der Waals surface area contributed by atoms with Gasteiger partial charge in [-0.25, -0.2) is 4.79 Å². The molecular weight excluding hydrogens is 274 g/mol. The number of hydrogen-bond donors (Lipinski definition) is 3. The molecular formula is C15H19NO5. The molecule has 2 atom stereocenters. The van der Waals surface area contributed by atoms with E-state index in [-0.39, 0.29) is 12.8 Å². The Labute approximate surface area is 122 Å². The minimum absolute atomic E-state index is 0.154. The molecule has 6 heteroatoms. The van der Waals surface area contributed by atoms with Gasteiger partial charge in [-0.2, -0.15) is 0 Å². The van der Waals surface area contributed by atoms with Crippen molar-refractivity contribution in [2.45, 2.75) is 32.7 Å². The van der Waals surface area contributed by atoms with Gasteiger partial charge in [-0.05, 0) is 12.5 Å². The summed E-state index contributed by atoms with van der Waals surface area (Å²) >= 11 is 0. The Morgan fingerprint density at radius 1 is 1.14 bits per heavy atom. The van der Waals surface area contributed by atoms with Crippen LogP contribution < -0.4 is 5.32 Å². The van der Waals surface area contributed by atoms with Crippen LogP contribution in [0.1, 0.15) is 24.5 Å². The monoisotopic (exact) mass is 293 g/mol. The molecule has 0 aliphatic rings. The van der Waals surface area contributed by atoms with E-state index in [1.165, 1.54) is 6.92 Å². The predicted octanol–water partition coefficient (Wildman–Crippen LogP) is 1.22. The quantitative estimate of drug-likeness (QED) is 0.701. The van der Waals surface area contributed by atoms with Crippen molar-refractivity contribution in [3.8, 4) is 0 Å². The van der Waals surface area contributed by atoms with E-state index in [0.717, 1.165) is 11.1 Å². The van der Waals surface area contributed by atoms with Crippen LogP contribution in [-0.2, 0) is 20.8 Å². The number of carboxylic acids is 2. The zero-order valence-corrected chi connectivity index (χ0v) is 12.0. The zero-order chi connectivity index (χ0) is 16.0. The van der Waals surface area contributed by atoms with Crippen molar-refractivity contribution in [2.75, 3.05) is 0 Å². The number of aryl methyl sites for hydroxylation is 1. The number of hydrogen-bond acceptors (Lipinski definition) is 3. The average molecular weight is 293 g/mol. The van der Waals surface area contributed by atoms with Crippen LogP contribution in [0.15, 0.2) is 24.3 Å². The fourth-order valence-corrected chi connectivity index (χ4v) is 1.83. The minimum atomic E-state index is -1.15. The Bertz CT molecular complexity index is 523. The third-order valence-corrected chi connectivity index (χ3v) is 3.10. The molecule has 21 heavy (non-hydrogen) atoms. The number of aliphatic carboxylic acids is 2. The summed E-state index contributed by atoms with van der Waals surface area (Å²) in [6.07, 6.45) is -0.177. The van der Waals surface area contributed by atoms with Crippen molar-refractivity contribution in [1.82, 2.24) is 5.32 Å². The smallest absolute Gasteiger partial charge is 0.326 e. The molecule has 0 heterocycles. The SMILES string of the molecule is Cc1ccc(C[C@H](NC(=O)[C@@H](C)CC(=O)O)C(=O)O)cc1. The van der Waals surface area contributed by atoms with Gasteiger partial charge in [-0.1, -0.05) is 36.8 Å². The first-order chi connectivity index (χ1) is 9.79. The number of nitrogens with one attached hydrogen (secondary N) is 1. The second kappa shape index (κ2) is 7.42. The van der Waals surface area contributed by atoms with Crippen molar-refractivity contribution >= 4 is 17.8 Å². The van der Waals surface area contributed by atoms with Gasteiger partial charge in [0.05, 0.1) is 6.42 Å². The van der Waals surface area contributed by atoms with Gasteiger partial charge in [0.25, 0.3) is 0 Å². The minimum Gasteiger partial charge on any atom is -0.481 e. The molecule has 0 spiro atoms. The maximum absolute atomic E-state index is 11.8. The molecule has 1 rings (SSSR count). The lowest BCUT2D eigenvalue weighted by molar-refractivity contribution is -0.143. The second-order valence-corrected chi connectivity index (χ2v) is 5.09. The summed E-state index contributed by atoms with van der Waals surface area (Å²) < 4.78 is 0. The van der Waals surface area contributed by atoms with Crippen LogP contribution in [0.5, 0.6) is 0 Å². The molecule has 0 aliphatic carbocycles. The topological polar surface area (TPSA) is 104 Å². The van der Waals surface area contributed by atoms with Crippen LogP contribution in [0.2, 0.25) is 0 Å². The molecule has 0 saturated carbocycles. The molecule has 1 aromatic rings. The van der Waals surface area contributed by atoms with E-state index in [4.69, 9.17) is 5.11 Å². The maximum Gasteiger partial charge on any atom is 0.326 e. The largest absolute Gasteiger partial charge is 0.481 e. The first-order valence-electron chi connectivity index (χ1n) is 6.60. The van der Waals surface area contributed by atoms with Gasteiger partial charge in [0.15, 0.2) is 0 Å². The molecule has 0 bridgehead atoms.